The number of hydrogen-bond acceptors (Lipinski definition) is 3. The molecular weight excluding hydrogens is 216 g/mol. The van der Waals surface area contributed by atoms with Gasteiger partial charge in [-0.05, 0) is 26.2 Å². The van der Waals surface area contributed by atoms with Crippen molar-refractivity contribution in [1.82, 2.24) is 0 Å². The van der Waals surface area contributed by atoms with E-state index in [1.165, 1.54) is 19.3 Å². The Kier molecular flexibility index (Phi) is 6.27. The first kappa shape index (κ1) is 14.2. The molecule has 0 spiro atoms. The first-order valence-electron chi connectivity index (χ1n) is 6.61. The predicted octanol–water partition coefficient (Wildman–Crippen LogP) is 3.23. The van der Waals surface area contributed by atoms with E-state index in [0.717, 1.165) is 19.3 Å². The topological polar surface area (TPSA) is 35.5 Å². The first-order chi connectivity index (χ1) is 8.13. The van der Waals surface area contributed by atoms with Gasteiger partial charge in [-0.1, -0.05) is 32.8 Å². The Balaban J connectivity index is 2.27. The van der Waals surface area contributed by atoms with Gasteiger partial charge in [0.25, 0.3) is 0 Å². The quantitative estimate of drug-likeness (QED) is 0.528. The van der Waals surface area contributed by atoms with Crippen molar-refractivity contribution >= 4 is 5.97 Å². The summed E-state index contributed by atoms with van der Waals surface area (Å²) in [5.74, 6) is -0.323. The molecule has 0 N–H and O–H groups in total. The third-order valence-electron chi connectivity index (χ3n) is 3.14. The first-order valence-corrected chi connectivity index (χ1v) is 6.61. The maximum Gasteiger partial charge on any atom is 0.333 e. The molecular formula is C14H24O3. The lowest BCUT2D eigenvalue weighted by Gasteiger charge is -2.26. The third kappa shape index (κ3) is 5.35. The van der Waals surface area contributed by atoms with Gasteiger partial charge >= 0.3 is 5.97 Å². The Morgan fingerprint density at radius 2 is 2.00 bits per heavy atom. The smallest absolute Gasteiger partial charge is 0.333 e. The van der Waals surface area contributed by atoms with Crippen LogP contribution in [0.15, 0.2) is 12.2 Å². The SMILES string of the molecule is C=C(C)C(=O)OCC(CC)OC1CCCCC1. The van der Waals surface area contributed by atoms with E-state index in [1.54, 1.807) is 6.92 Å². The minimum Gasteiger partial charge on any atom is -0.460 e. The van der Waals surface area contributed by atoms with Crippen LogP contribution in [0, 0.1) is 0 Å². The van der Waals surface area contributed by atoms with Crippen LogP contribution in [0.3, 0.4) is 0 Å². The fraction of sp³-hybridized carbons (Fsp3) is 0.786. The molecule has 1 aliphatic carbocycles. The molecule has 0 aromatic heterocycles. The maximum atomic E-state index is 11.3. The van der Waals surface area contributed by atoms with Gasteiger partial charge in [-0.3, -0.25) is 0 Å². The van der Waals surface area contributed by atoms with Crippen LogP contribution in [-0.4, -0.2) is 24.8 Å². The zero-order chi connectivity index (χ0) is 12.7. The van der Waals surface area contributed by atoms with Gasteiger partial charge in [-0.15, -0.1) is 0 Å². The second-order valence-electron chi connectivity index (χ2n) is 4.81. The fourth-order valence-electron chi connectivity index (χ4n) is 2.02. The fourth-order valence-corrected chi connectivity index (χ4v) is 2.02. The van der Waals surface area contributed by atoms with E-state index < -0.39 is 0 Å². The highest BCUT2D eigenvalue weighted by atomic mass is 16.6. The Bertz CT molecular complexity index is 254. The van der Waals surface area contributed by atoms with Crippen LogP contribution in [0.2, 0.25) is 0 Å². The molecule has 98 valence electrons. The summed E-state index contributed by atoms with van der Waals surface area (Å²) in [6, 6.07) is 0. The molecule has 1 unspecified atom stereocenters. The van der Waals surface area contributed by atoms with Gasteiger partial charge in [0, 0.05) is 5.57 Å². The van der Waals surface area contributed by atoms with Gasteiger partial charge in [-0.2, -0.15) is 0 Å². The summed E-state index contributed by atoms with van der Waals surface area (Å²) in [7, 11) is 0. The molecule has 0 saturated heterocycles. The Morgan fingerprint density at radius 1 is 1.35 bits per heavy atom. The molecule has 1 aliphatic rings. The molecule has 3 heteroatoms. The molecule has 0 amide bonds. The number of carbonyl (C=O) groups excluding carboxylic acids is 1. The Morgan fingerprint density at radius 3 is 2.53 bits per heavy atom. The van der Waals surface area contributed by atoms with Crippen molar-refractivity contribution < 1.29 is 14.3 Å². The molecule has 0 aromatic rings. The molecule has 0 aliphatic heterocycles. The lowest BCUT2D eigenvalue weighted by atomic mass is 9.97. The average Bonchev–Trinajstić information content (AvgIpc) is 2.35. The van der Waals surface area contributed by atoms with Gasteiger partial charge in [0.2, 0.25) is 0 Å². The number of ether oxygens (including phenoxy) is 2. The van der Waals surface area contributed by atoms with Crippen molar-refractivity contribution in [2.24, 2.45) is 0 Å². The molecule has 3 nitrogen and oxygen atoms in total. The lowest BCUT2D eigenvalue weighted by molar-refractivity contribution is -0.145. The van der Waals surface area contributed by atoms with E-state index in [0.29, 0.717) is 18.3 Å². The van der Waals surface area contributed by atoms with Gasteiger partial charge in [-0.25, -0.2) is 4.79 Å². The van der Waals surface area contributed by atoms with Crippen molar-refractivity contribution in [2.45, 2.75) is 64.6 Å². The highest BCUT2D eigenvalue weighted by Crippen LogP contribution is 2.22. The van der Waals surface area contributed by atoms with E-state index in [1.807, 2.05) is 0 Å². The molecule has 0 bridgehead atoms. The number of hydrogen-bond donors (Lipinski definition) is 0. The van der Waals surface area contributed by atoms with E-state index >= 15 is 0 Å². The van der Waals surface area contributed by atoms with Crippen LogP contribution in [0.1, 0.15) is 52.4 Å². The summed E-state index contributed by atoms with van der Waals surface area (Å²) in [6.45, 7) is 7.62. The number of esters is 1. The van der Waals surface area contributed by atoms with Crippen LogP contribution >= 0.6 is 0 Å². The summed E-state index contributed by atoms with van der Waals surface area (Å²) < 4.78 is 11.1. The zero-order valence-corrected chi connectivity index (χ0v) is 11.0. The molecule has 0 heterocycles. The van der Waals surface area contributed by atoms with E-state index in [-0.39, 0.29) is 12.1 Å². The minimum absolute atomic E-state index is 0.0291. The van der Waals surface area contributed by atoms with Crippen molar-refractivity contribution in [3.05, 3.63) is 12.2 Å². The summed E-state index contributed by atoms with van der Waals surface area (Å²) in [4.78, 5) is 11.3. The molecule has 1 rings (SSSR count). The van der Waals surface area contributed by atoms with Crippen molar-refractivity contribution in [2.75, 3.05) is 6.61 Å². The highest BCUT2D eigenvalue weighted by Gasteiger charge is 2.19. The van der Waals surface area contributed by atoms with E-state index in [4.69, 9.17) is 9.47 Å². The summed E-state index contributed by atoms with van der Waals surface area (Å²) in [5.41, 5.74) is 0.442. The normalized spacial score (nSPS) is 18.7. The van der Waals surface area contributed by atoms with Crippen LogP contribution in [-0.2, 0) is 14.3 Å². The van der Waals surface area contributed by atoms with E-state index in [9.17, 15) is 4.79 Å². The largest absolute Gasteiger partial charge is 0.460 e. The zero-order valence-electron chi connectivity index (χ0n) is 11.0. The highest BCUT2D eigenvalue weighted by molar-refractivity contribution is 5.86. The monoisotopic (exact) mass is 240 g/mol. The average molecular weight is 240 g/mol. The van der Waals surface area contributed by atoms with Gasteiger partial charge in [0.05, 0.1) is 12.2 Å². The second-order valence-corrected chi connectivity index (χ2v) is 4.81. The molecule has 17 heavy (non-hydrogen) atoms. The minimum atomic E-state index is -0.323. The number of rotatable bonds is 6. The molecule has 1 fully saturated rings. The maximum absolute atomic E-state index is 11.3. The van der Waals surface area contributed by atoms with E-state index in [2.05, 4.69) is 13.5 Å². The third-order valence-corrected chi connectivity index (χ3v) is 3.14. The summed E-state index contributed by atoms with van der Waals surface area (Å²) in [5, 5.41) is 0. The van der Waals surface area contributed by atoms with Crippen LogP contribution in [0.25, 0.3) is 0 Å². The van der Waals surface area contributed by atoms with Crippen molar-refractivity contribution in [1.29, 1.82) is 0 Å². The lowest BCUT2D eigenvalue weighted by Crippen LogP contribution is -2.28. The summed E-state index contributed by atoms with van der Waals surface area (Å²) in [6.07, 6.45) is 7.38. The predicted molar refractivity (Wildman–Crippen MR) is 67.8 cm³/mol. The van der Waals surface area contributed by atoms with Crippen molar-refractivity contribution in [3.63, 3.8) is 0 Å². The molecule has 0 radical (unpaired) electrons. The molecule has 1 atom stereocenters. The molecule has 1 saturated carbocycles. The van der Waals surface area contributed by atoms with Crippen molar-refractivity contribution in [3.8, 4) is 0 Å². The number of carbonyl (C=O) groups is 1. The Hall–Kier alpha value is -0.830. The standard InChI is InChI=1S/C14H24O3/c1-4-12(10-16-14(15)11(2)3)17-13-8-6-5-7-9-13/h12-13H,2,4-10H2,1,3H3. The van der Waals surface area contributed by atoms with Crippen LogP contribution in [0.4, 0.5) is 0 Å². The van der Waals surface area contributed by atoms with Gasteiger partial charge < -0.3 is 9.47 Å². The van der Waals surface area contributed by atoms with Crippen LogP contribution < -0.4 is 0 Å². The van der Waals surface area contributed by atoms with Gasteiger partial charge in [0.15, 0.2) is 0 Å². The molecule has 0 aromatic carbocycles. The van der Waals surface area contributed by atoms with Crippen LogP contribution in [0.5, 0.6) is 0 Å². The summed E-state index contributed by atoms with van der Waals surface area (Å²) >= 11 is 0. The van der Waals surface area contributed by atoms with Gasteiger partial charge in [0.1, 0.15) is 6.61 Å². The Labute approximate surface area is 104 Å². The second kappa shape index (κ2) is 7.49.